The van der Waals surface area contributed by atoms with Gasteiger partial charge in [-0.1, -0.05) is 48.0 Å². The van der Waals surface area contributed by atoms with Crippen molar-refractivity contribution in [2.24, 2.45) is 0 Å². The quantitative estimate of drug-likeness (QED) is 0.639. The van der Waals surface area contributed by atoms with Crippen LogP contribution in [-0.4, -0.2) is 8.42 Å². The van der Waals surface area contributed by atoms with Crippen molar-refractivity contribution in [2.75, 3.05) is 0 Å². The van der Waals surface area contributed by atoms with Gasteiger partial charge in [-0.3, -0.25) is 0 Å². The molecule has 0 heterocycles. The minimum atomic E-state index is -3.92. The highest BCUT2D eigenvalue weighted by atomic mass is 32.2. The topological polar surface area (TPSA) is 52.6 Å². The second-order valence-corrected chi connectivity index (χ2v) is 6.76. The summed E-state index contributed by atoms with van der Waals surface area (Å²) in [7, 11) is -3.92. The van der Waals surface area contributed by atoms with E-state index in [2.05, 4.69) is 0 Å². The maximum absolute atomic E-state index is 12.4. The fraction of sp³-hybridized carbons (Fsp3) is 0.0526. The zero-order chi connectivity index (χ0) is 17.0. The Morgan fingerprint density at radius 2 is 1.29 bits per heavy atom. The molecule has 24 heavy (non-hydrogen) atoms. The highest BCUT2D eigenvalue weighted by Gasteiger charge is 2.19. The van der Waals surface area contributed by atoms with Crippen molar-refractivity contribution >= 4 is 10.1 Å². The molecule has 0 aromatic heterocycles. The van der Waals surface area contributed by atoms with Crippen molar-refractivity contribution in [1.29, 1.82) is 0 Å². The monoisotopic (exact) mass is 340 g/mol. The van der Waals surface area contributed by atoms with E-state index in [1.54, 1.807) is 48.5 Å². The van der Waals surface area contributed by atoms with Gasteiger partial charge in [-0.15, -0.1) is 0 Å². The summed E-state index contributed by atoms with van der Waals surface area (Å²) < 4.78 is 35.9. The van der Waals surface area contributed by atoms with Crippen LogP contribution < -0.4 is 8.92 Å². The molecule has 3 rings (SSSR count). The van der Waals surface area contributed by atoms with Crippen LogP contribution in [0.15, 0.2) is 83.8 Å². The third-order valence-corrected chi connectivity index (χ3v) is 4.58. The number of aryl methyl sites for hydroxylation is 1. The molecule has 0 saturated heterocycles. The minimum absolute atomic E-state index is 0.0996. The van der Waals surface area contributed by atoms with Crippen molar-refractivity contribution in [1.82, 2.24) is 0 Å². The van der Waals surface area contributed by atoms with Crippen LogP contribution >= 0.6 is 0 Å². The Hall–Kier alpha value is -2.79. The summed E-state index contributed by atoms with van der Waals surface area (Å²) in [6.45, 7) is 1.89. The Balaban J connectivity index is 1.89. The summed E-state index contributed by atoms with van der Waals surface area (Å²) >= 11 is 0. The molecule has 0 aliphatic rings. The van der Waals surface area contributed by atoms with Gasteiger partial charge in [0, 0.05) is 0 Å². The first-order chi connectivity index (χ1) is 11.5. The predicted molar refractivity (Wildman–Crippen MR) is 92.0 cm³/mol. The van der Waals surface area contributed by atoms with Gasteiger partial charge < -0.3 is 8.92 Å². The summed E-state index contributed by atoms with van der Waals surface area (Å²) in [5.74, 6) is 1.07. The van der Waals surface area contributed by atoms with Gasteiger partial charge in [0.1, 0.15) is 10.6 Å². The Morgan fingerprint density at radius 3 is 1.96 bits per heavy atom. The van der Waals surface area contributed by atoms with Gasteiger partial charge >= 0.3 is 10.1 Å². The average Bonchev–Trinajstić information content (AvgIpc) is 2.58. The predicted octanol–water partition coefficient (Wildman–Crippen LogP) is 4.56. The van der Waals surface area contributed by atoms with E-state index in [-0.39, 0.29) is 10.6 Å². The fourth-order valence-corrected chi connectivity index (χ4v) is 3.03. The van der Waals surface area contributed by atoms with E-state index in [9.17, 15) is 8.42 Å². The van der Waals surface area contributed by atoms with Crippen LogP contribution in [0.25, 0.3) is 0 Å². The third kappa shape index (κ3) is 3.75. The number of hydrogen-bond acceptors (Lipinski definition) is 4. The van der Waals surface area contributed by atoms with Gasteiger partial charge in [0.2, 0.25) is 0 Å². The molecule has 0 fully saturated rings. The summed E-state index contributed by atoms with van der Waals surface area (Å²) in [4.78, 5) is 0.0996. The first kappa shape index (κ1) is 16.1. The third-order valence-electron chi connectivity index (χ3n) is 3.33. The van der Waals surface area contributed by atoms with Gasteiger partial charge in [-0.25, -0.2) is 0 Å². The van der Waals surface area contributed by atoms with Gasteiger partial charge in [0.05, 0.1) is 0 Å². The number of benzene rings is 3. The molecule has 0 N–H and O–H groups in total. The molecule has 0 amide bonds. The van der Waals surface area contributed by atoms with E-state index in [0.29, 0.717) is 11.5 Å². The van der Waals surface area contributed by atoms with Gasteiger partial charge in [-0.2, -0.15) is 8.42 Å². The number of rotatable bonds is 5. The van der Waals surface area contributed by atoms with Crippen LogP contribution in [0, 0.1) is 6.92 Å². The lowest BCUT2D eigenvalue weighted by atomic mass is 10.2. The summed E-state index contributed by atoms with van der Waals surface area (Å²) in [5, 5.41) is 0. The maximum atomic E-state index is 12.4. The molecular formula is C19H16O4S. The van der Waals surface area contributed by atoms with Gasteiger partial charge in [0.15, 0.2) is 11.5 Å². The molecule has 122 valence electrons. The smallest absolute Gasteiger partial charge is 0.339 e. The fourth-order valence-electron chi connectivity index (χ4n) is 2.09. The molecule has 0 saturated carbocycles. The normalized spacial score (nSPS) is 11.0. The highest BCUT2D eigenvalue weighted by molar-refractivity contribution is 7.87. The lowest BCUT2D eigenvalue weighted by molar-refractivity contribution is 0.435. The Labute approximate surface area is 141 Å². The number of para-hydroxylation sites is 3. The molecule has 3 aromatic carbocycles. The molecule has 0 aliphatic carbocycles. The van der Waals surface area contributed by atoms with Crippen molar-refractivity contribution in [3.8, 4) is 17.2 Å². The summed E-state index contributed by atoms with van der Waals surface area (Å²) in [6, 6.07) is 22.3. The molecular weight excluding hydrogens is 324 g/mol. The molecule has 0 bridgehead atoms. The molecule has 0 radical (unpaired) electrons. The Morgan fingerprint density at radius 1 is 0.708 bits per heavy atom. The summed E-state index contributed by atoms with van der Waals surface area (Å²) in [5.41, 5.74) is 0.974. The van der Waals surface area contributed by atoms with Crippen molar-refractivity contribution in [2.45, 2.75) is 11.8 Å². The van der Waals surface area contributed by atoms with Crippen molar-refractivity contribution in [3.05, 3.63) is 84.4 Å². The molecule has 4 nitrogen and oxygen atoms in total. The molecule has 5 heteroatoms. The number of hydrogen-bond donors (Lipinski definition) is 0. The van der Waals surface area contributed by atoms with Crippen LogP contribution in [0.1, 0.15) is 5.56 Å². The van der Waals surface area contributed by atoms with E-state index in [1.807, 2.05) is 25.1 Å². The van der Waals surface area contributed by atoms with E-state index < -0.39 is 10.1 Å². The van der Waals surface area contributed by atoms with E-state index >= 15 is 0 Å². The Kier molecular flexibility index (Phi) is 4.53. The van der Waals surface area contributed by atoms with Crippen molar-refractivity contribution in [3.63, 3.8) is 0 Å². The van der Waals surface area contributed by atoms with E-state index in [1.165, 1.54) is 12.1 Å². The lowest BCUT2D eigenvalue weighted by Gasteiger charge is -2.12. The SMILES string of the molecule is Cc1ccc(S(=O)(=O)Oc2ccccc2Oc2ccccc2)cc1. The maximum Gasteiger partial charge on any atom is 0.339 e. The summed E-state index contributed by atoms with van der Waals surface area (Å²) in [6.07, 6.45) is 0. The second kappa shape index (κ2) is 6.76. The lowest BCUT2D eigenvalue weighted by Crippen LogP contribution is -2.10. The zero-order valence-corrected chi connectivity index (χ0v) is 13.9. The number of ether oxygens (including phenoxy) is 1. The van der Waals surface area contributed by atoms with Crippen LogP contribution in [0.3, 0.4) is 0 Å². The Bertz CT molecular complexity index is 917. The van der Waals surface area contributed by atoms with Crippen LogP contribution in [0.4, 0.5) is 0 Å². The standard InChI is InChI=1S/C19H16O4S/c1-15-11-13-17(14-12-15)24(20,21)23-19-10-6-5-9-18(19)22-16-7-3-2-4-8-16/h2-14H,1H3. The van der Waals surface area contributed by atoms with Crippen LogP contribution in [-0.2, 0) is 10.1 Å². The van der Waals surface area contributed by atoms with E-state index in [4.69, 9.17) is 8.92 Å². The van der Waals surface area contributed by atoms with Crippen LogP contribution in [0.2, 0.25) is 0 Å². The average molecular weight is 340 g/mol. The first-order valence-electron chi connectivity index (χ1n) is 7.38. The van der Waals surface area contributed by atoms with Gasteiger partial charge in [0.25, 0.3) is 0 Å². The highest BCUT2D eigenvalue weighted by Crippen LogP contribution is 2.33. The van der Waals surface area contributed by atoms with Crippen molar-refractivity contribution < 1.29 is 17.3 Å². The minimum Gasteiger partial charge on any atom is -0.453 e. The van der Waals surface area contributed by atoms with E-state index in [0.717, 1.165) is 5.56 Å². The zero-order valence-electron chi connectivity index (χ0n) is 13.0. The molecule has 3 aromatic rings. The molecule has 0 atom stereocenters. The van der Waals surface area contributed by atoms with Gasteiger partial charge in [-0.05, 0) is 43.3 Å². The molecule has 0 spiro atoms. The largest absolute Gasteiger partial charge is 0.453 e. The molecule has 0 aliphatic heterocycles. The first-order valence-corrected chi connectivity index (χ1v) is 8.78. The van der Waals surface area contributed by atoms with Crippen LogP contribution in [0.5, 0.6) is 17.2 Å². The molecule has 0 unspecified atom stereocenters. The second-order valence-electron chi connectivity index (χ2n) is 5.21.